The molecule has 0 radical (unpaired) electrons. The van der Waals surface area contributed by atoms with E-state index in [1.54, 1.807) is 6.08 Å². The summed E-state index contributed by atoms with van der Waals surface area (Å²) in [4.78, 5) is 38.4. The molecule has 6 heteroatoms. The summed E-state index contributed by atoms with van der Waals surface area (Å²) in [5, 5.41) is 11.2. The molecule has 2 aromatic carbocycles. The van der Waals surface area contributed by atoms with E-state index in [4.69, 9.17) is 9.84 Å². The summed E-state index contributed by atoms with van der Waals surface area (Å²) in [5.74, 6) is -1.92. The summed E-state index contributed by atoms with van der Waals surface area (Å²) in [7, 11) is 0. The summed E-state index contributed by atoms with van der Waals surface area (Å²) in [6, 6.07) is 12.6. The average molecular weight is 431 g/mol. The predicted molar refractivity (Wildman–Crippen MR) is 120 cm³/mol. The van der Waals surface area contributed by atoms with E-state index in [2.05, 4.69) is 43.0 Å². The molecule has 2 aromatic rings. The van der Waals surface area contributed by atoms with Gasteiger partial charge in [0.25, 0.3) is 0 Å². The highest BCUT2D eigenvalue weighted by molar-refractivity contribution is 6.18. The van der Waals surface area contributed by atoms with Crippen molar-refractivity contribution >= 4 is 34.2 Å². The van der Waals surface area contributed by atoms with E-state index in [0.717, 1.165) is 23.5 Å². The second-order valence-corrected chi connectivity index (χ2v) is 9.17. The number of anilines is 1. The van der Waals surface area contributed by atoms with Crippen molar-refractivity contribution in [3.05, 3.63) is 64.9 Å². The minimum Gasteiger partial charge on any atom is -0.481 e. The molecule has 0 bridgehead atoms. The first-order chi connectivity index (χ1) is 15.3. The van der Waals surface area contributed by atoms with E-state index in [0.29, 0.717) is 6.42 Å². The molecule has 1 unspecified atom stereocenters. The van der Waals surface area contributed by atoms with E-state index in [9.17, 15) is 14.4 Å². The molecular weight excluding hydrogens is 406 g/mol. The van der Waals surface area contributed by atoms with Gasteiger partial charge in [0.05, 0.1) is 0 Å². The topological polar surface area (TPSA) is 83.9 Å². The fraction of sp³-hybridized carbons (Fsp3) is 0.346. The van der Waals surface area contributed by atoms with Gasteiger partial charge < -0.3 is 14.7 Å². The molecule has 164 valence electrons. The Hall–Kier alpha value is -3.41. The lowest BCUT2D eigenvalue weighted by molar-refractivity contribution is -0.145. The number of benzene rings is 2. The molecule has 3 aliphatic heterocycles. The van der Waals surface area contributed by atoms with Crippen molar-refractivity contribution in [2.75, 3.05) is 11.4 Å². The number of ketones is 1. The zero-order chi connectivity index (χ0) is 22.6. The second-order valence-electron chi connectivity index (χ2n) is 9.17. The van der Waals surface area contributed by atoms with Crippen LogP contribution in [-0.2, 0) is 24.5 Å². The van der Waals surface area contributed by atoms with Gasteiger partial charge >= 0.3 is 11.9 Å². The van der Waals surface area contributed by atoms with Crippen molar-refractivity contribution in [1.29, 1.82) is 0 Å². The number of ether oxygens (including phenoxy) is 1. The first-order valence-electron chi connectivity index (χ1n) is 11.0. The first-order valence-corrected chi connectivity index (χ1v) is 11.0. The summed E-state index contributed by atoms with van der Waals surface area (Å²) in [6.07, 6.45) is 2.10. The molecule has 3 aliphatic rings. The van der Waals surface area contributed by atoms with Crippen LogP contribution in [0.5, 0.6) is 0 Å². The van der Waals surface area contributed by atoms with Crippen molar-refractivity contribution < 1.29 is 24.2 Å². The second kappa shape index (κ2) is 7.33. The van der Waals surface area contributed by atoms with Gasteiger partial charge in [0.1, 0.15) is 11.7 Å². The van der Waals surface area contributed by atoms with Crippen LogP contribution in [0.3, 0.4) is 0 Å². The summed E-state index contributed by atoms with van der Waals surface area (Å²) in [6.45, 7) is 5.10. The van der Waals surface area contributed by atoms with Gasteiger partial charge in [0.2, 0.25) is 0 Å². The highest BCUT2D eigenvalue weighted by Crippen LogP contribution is 2.54. The van der Waals surface area contributed by atoms with E-state index in [1.165, 1.54) is 16.3 Å². The third kappa shape index (κ3) is 3.05. The summed E-state index contributed by atoms with van der Waals surface area (Å²) in [5.41, 5.74) is 4.05. The van der Waals surface area contributed by atoms with Crippen LogP contribution in [0, 0.1) is 0 Å². The Kier molecular flexibility index (Phi) is 4.69. The van der Waals surface area contributed by atoms with E-state index >= 15 is 0 Å². The number of Topliss-reactive ketones (excluding diaryl/α,β-unsaturated/α-hetero) is 1. The summed E-state index contributed by atoms with van der Waals surface area (Å²) < 4.78 is 5.71. The van der Waals surface area contributed by atoms with Crippen molar-refractivity contribution in [3.63, 3.8) is 0 Å². The van der Waals surface area contributed by atoms with Gasteiger partial charge in [0.15, 0.2) is 5.78 Å². The number of fused-ring (bicyclic) bond motifs is 6. The molecule has 0 spiro atoms. The lowest BCUT2D eigenvalue weighted by Crippen LogP contribution is -2.41. The fourth-order valence-electron chi connectivity index (χ4n) is 5.44. The molecule has 0 fully saturated rings. The monoisotopic (exact) mass is 431 g/mol. The van der Waals surface area contributed by atoms with Crippen LogP contribution in [0.1, 0.15) is 45.1 Å². The molecule has 6 nitrogen and oxygen atoms in total. The minimum absolute atomic E-state index is 0.0124. The number of rotatable bonds is 5. The molecule has 32 heavy (non-hydrogen) atoms. The Morgan fingerprint density at radius 1 is 1.16 bits per heavy atom. The van der Waals surface area contributed by atoms with Crippen molar-refractivity contribution in [1.82, 2.24) is 0 Å². The number of carbonyl (C=O) groups excluding carboxylic acids is 2. The predicted octanol–water partition coefficient (Wildman–Crippen LogP) is 4.27. The standard InChI is InChI=1S/C26H25NO5/c1-26(2)23-16-7-4-3-6-15(16)10-11-19(23)27-13-12-21-18(24(26)27)14-17(25(31)32-21)20(28)8-5-9-22(29)30/h3-4,6-7,10-11,14,21H,5,8-9,12-13H2,1-2H3,(H,29,30). The molecular formula is C26H25NO5. The number of carboxylic acids is 1. The number of carboxylic acid groups (broad SMARTS) is 1. The van der Waals surface area contributed by atoms with E-state index in [1.807, 2.05) is 12.1 Å². The van der Waals surface area contributed by atoms with Crippen LogP contribution in [0.4, 0.5) is 5.69 Å². The number of carbonyl (C=O) groups is 3. The number of allylic oxidation sites excluding steroid dienone is 1. The Morgan fingerprint density at radius 3 is 2.72 bits per heavy atom. The molecule has 1 N–H and O–H groups in total. The van der Waals surface area contributed by atoms with Gasteiger partial charge in [-0.1, -0.05) is 44.2 Å². The molecule has 0 aliphatic carbocycles. The van der Waals surface area contributed by atoms with Crippen molar-refractivity contribution in [2.24, 2.45) is 0 Å². The molecule has 0 amide bonds. The quantitative estimate of drug-likeness (QED) is 0.562. The zero-order valence-corrected chi connectivity index (χ0v) is 18.2. The number of hydrogen-bond acceptors (Lipinski definition) is 5. The normalized spacial score (nSPS) is 20.9. The molecule has 0 aromatic heterocycles. The van der Waals surface area contributed by atoms with Crippen LogP contribution in [-0.4, -0.2) is 35.5 Å². The van der Waals surface area contributed by atoms with Crippen molar-refractivity contribution in [3.8, 4) is 0 Å². The molecule has 0 saturated heterocycles. The van der Waals surface area contributed by atoms with Crippen LogP contribution >= 0.6 is 0 Å². The Bertz CT molecular complexity index is 1240. The SMILES string of the molecule is CC1(C)C2=C3C=C(C(=O)CCCC(=O)O)C(=O)OC3CCN2c2ccc3ccccc3c21. The first kappa shape index (κ1) is 20.5. The average Bonchev–Trinajstić information content (AvgIpc) is 3.00. The number of nitrogens with zero attached hydrogens (tertiary/aromatic N) is 1. The fourth-order valence-corrected chi connectivity index (χ4v) is 5.44. The minimum atomic E-state index is -0.955. The lowest BCUT2D eigenvalue weighted by Gasteiger charge is -2.38. The van der Waals surface area contributed by atoms with Crippen LogP contribution in [0.25, 0.3) is 10.8 Å². The smallest absolute Gasteiger partial charge is 0.342 e. The van der Waals surface area contributed by atoms with Gasteiger partial charge in [-0.25, -0.2) is 4.79 Å². The molecule has 1 atom stereocenters. The number of aliphatic carboxylic acids is 1. The maximum absolute atomic E-state index is 12.7. The third-order valence-corrected chi connectivity index (χ3v) is 6.78. The Morgan fingerprint density at radius 2 is 1.94 bits per heavy atom. The number of hydrogen-bond donors (Lipinski definition) is 1. The third-order valence-electron chi connectivity index (χ3n) is 6.78. The zero-order valence-electron chi connectivity index (χ0n) is 18.2. The van der Waals surface area contributed by atoms with Crippen molar-refractivity contribution in [2.45, 2.75) is 51.0 Å². The van der Waals surface area contributed by atoms with Crippen LogP contribution in [0.15, 0.2) is 59.3 Å². The van der Waals surface area contributed by atoms with Gasteiger partial charge in [-0.2, -0.15) is 0 Å². The molecule has 3 heterocycles. The Balaban J connectivity index is 1.62. The van der Waals surface area contributed by atoms with Gasteiger partial charge in [-0.3, -0.25) is 9.59 Å². The van der Waals surface area contributed by atoms with Crippen LogP contribution < -0.4 is 4.90 Å². The number of esters is 1. The maximum Gasteiger partial charge on any atom is 0.342 e. The largest absolute Gasteiger partial charge is 0.481 e. The maximum atomic E-state index is 12.7. The van der Waals surface area contributed by atoms with E-state index in [-0.39, 0.29) is 42.1 Å². The van der Waals surface area contributed by atoms with Gasteiger partial charge in [-0.15, -0.1) is 0 Å². The highest BCUT2D eigenvalue weighted by atomic mass is 16.5. The molecule has 5 rings (SSSR count). The van der Waals surface area contributed by atoms with E-state index < -0.39 is 11.9 Å². The lowest BCUT2D eigenvalue weighted by atomic mass is 9.77. The molecule has 0 saturated carbocycles. The van der Waals surface area contributed by atoms with Gasteiger partial charge in [-0.05, 0) is 34.9 Å². The van der Waals surface area contributed by atoms with Crippen LogP contribution in [0.2, 0.25) is 0 Å². The highest BCUT2D eigenvalue weighted by Gasteiger charge is 2.48. The Labute approximate surface area is 186 Å². The van der Waals surface area contributed by atoms with Gasteiger partial charge in [0, 0.05) is 48.2 Å². The summed E-state index contributed by atoms with van der Waals surface area (Å²) >= 11 is 0.